The molecule has 4 aromatic rings. The first kappa shape index (κ1) is 16.1. The number of aldehydes is 1. The molecule has 0 fully saturated rings. The Morgan fingerprint density at radius 1 is 0.692 bits per heavy atom. The molecule has 4 rings (SSSR count). The van der Waals surface area contributed by atoms with Crippen molar-refractivity contribution >= 4 is 17.1 Å². The van der Waals surface area contributed by atoms with Gasteiger partial charge in [-0.15, -0.1) is 0 Å². The van der Waals surface area contributed by atoms with Gasteiger partial charge in [0.25, 0.3) is 0 Å². The van der Waals surface area contributed by atoms with Gasteiger partial charge in [-0.05, 0) is 51.2 Å². The molecule has 0 heterocycles. The molecule has 0 unspecified atom stereocenters. The van der Waals surface area contributed by atoms with Crippen LogP contribution in [-0.4, -0.2) is 13.4 Å². The summed E-state index contributed by atoms with van der Waals surface area (Å²) in [4.78, 5) is 12.0. The topological polar surface area (TPSA) is 26.3 Å². The van der Waals surface area contributed by atoms with Crippen molar-refractivity contribution in [3.63, 3.8) is 0 Å². The Kier molecular flexibility index (Phi) is 4.24. The fraction of sp³-hybridized carbons (Fsp3) is 0.0417. The molecule has 0 aliphatic carbocycles. The summed E-state index contributed by atoms with van der Waals surface area (Å²) >= 11 is 0. The Balaban J connectivity index is 1.98. The van der Waals surface area contributed by atoms with Gasteiger partial charge in [0, 0.05) is 5.56 Å². The predicted molar refractivity (Wildman–Crippen MR) is 107 cm³/mol. The van der Waals surface area contributed by atoms with Crippen molar-refractivity contribution < 1.29 is 9.53 Å². The Morgan fingerprint density at radius 3 is 2.04 bits per heavy atom. The normalized spacial score (nSPS) is 10.7. The lowest BCUT2D eigenvalue weighted by Crippen LogP contribution is -1.95. The summed E-state index contributed by atoms with van der Waals surface area (Å²) in [6.45, 7) is 0. The van der Waals surface area contributed by atoms with Crippen LogP contribution in [0.15, 0.2) is 84.9 Å². The van der Waals surface area contributed by atoms with Crippen LogP contribution in [0.3, 0.4) is 0 Å². The van der Waals surface area contributed by atoms with Gasteiger partial charge in [0.1, 0.15) is 5.75 Å². The van der Waals surface area contributed by atoms with Crippen molar-refractivity contribution in [3.05, 3.63) is 90.5 Å². The second kappa shape index (κ2) is 6.85. The molecule has 2 heteroatoms. The molecule has 26 heavy (non-hydrogen) atoms. The summed E-state index contributed by atoms with van der Waals surface area (Å²) in [7, 11) is 1.65. The van der Waals surface area contributed by atoms with E-state index in [1.54, 1.807) is 7.11 Å². The van der Waals surface area contributed by atoms with E-state index in [-0.39, 0.29) is 0 Å². The molecule has 2 nitrogen and oxygen atoms in total. The molecule has 0 saturated carbocycles. The molecular formula is C24H18O2. The minimum atomic E-state index is 0.673. The van der Waals surface area contributed by atoms with Gasteiger partial charge in [-0.2, -0.15) is 0 Å². The van der Waals surface area contributed by atoms with E-state index >= 15 is 0 Å². The number of benzene rings is 4. The maximum Gasteiger partial charge on any atom is 0.151 e. The molecule has 0 aromatic heterocycles. The molecule has 126 valence electrons. The summed E-state index contributed by atoms with van der Waals surface area (Å²) < 4.78 is 5.51. The number of carbonyl (C=O) groups excluding carboxylic acids is 1. The maximum absolute atomic E-state index is 12.0. The van der Waals surface area contributed by atoms with E-state index in [4.69, 9.17) is 4.74 Å². The van der Waals surface area contributed by atoms with Gasteiger partial charge in [0.2, 0.25) is 0 Å². The monoisotopic (exact) mass is 338 g/mol. The largest absolute Gasteiger partial charge is 0.497 e. The molecule has 4 aromatic carbocycles. The van der Waals surface area contributed by atoms with Crippen molar-refractivity contribution in [1.29, 1.82) is 0 Å². The zero-order valence-electron chi connectivity index (χ0n) is 14.5. The SMILES string of the molecule is COc1cc(-c2ccccc2)c(C=O)c(-c2ccc3ccccc3c2)c1. The van der Waals surface area contributed by atoms with Crippen molar-refractivity contribution in [2.75, 3.05) is 7.11 Å². The number of ether oxygens (including phenoxy) is 1. The first-order valence-electron chi connectivity index (χ1n) is 8.52. The molecule has 0 N–H and O–H groups in total. The summed E-state index contributed by atoms with van der Waals surface area (Å²) in [5, 5.41) is 2.32. The van der Waals surface area contributed by atoms with Crippen LogP contribution in [0.4, 0.5) is 0 Å². The summed E-state index contributed by atoms with van der Waals surface area (Å²) in [6, 6.07) is 28.2. The molecular weight excluding hydrogens is 320 g/mol. The van der Waals surface area contributed by atoms with Gasteiger partial charge < -0.3 is 4.74 Å². The third-order valence-corrected chi connectivity index (χ3v) is 4.65. The number of carbonyl (C=O) groups is 1. The summed E-state index contributed by atoms with van der Waals surface area (Å²) in [5.41, 5.74) is 4.43. The minimum Gasteiger partial charge on any atom is -0.497 e. The third kappa shape index (κ3) is 2.86. The lowest BCUT2D eigenvalue weighted by Gasteiger charge is -2.14. The molecule has 0 aliphatic heterocycles. The smallest absolute Gasteiger partial charge is 0.151 e. The zero-order chi connectivity index (χ0) is 17.9. The number of methoxy groups -OCH3 is 1. The van der Waals surface area contributed by atoms with Crippen LogP contribution in [0.5, 0.6) is 5.75 Å². The highest BCUT2D eigenvalue weighted by Crippen LogP contribution is 2.36. The molecule has 0 saturated heterocycles. The number of fused-ring (bicyclic) bond motifs is 1. The van der Waals surface area contributed by atoms with E-state index in [1.807, 2.05) is 54.6 Å². The first-order valence-corrected chi connectivity index (χ1v) is 8.52. The van der Waals surface area contributed by atoms with Gasteiger partial charge in [-0.3, -0.25) is 4.79 Å². The highest BCUT2D eigenvalue weighted by Gasteiger charge is 2.14. The van der Waals surface area contributed by atoms with Gasteiger partial charge in [-0.1, -0.05) is 66.7 Å². The van der Waals surface area contributed by atoms with E-state index in [1.165, 1.54) is 5.39 Å². The quantitative estimate of drug-likeness (QED) is 0.427. The third-order valence-electron chi connectivity index (χ3n) is 4.65. The van der Waals surface area contributed by atoms with E-state index in [0.29, 0.717) is 5.56 Å². The van der Waals surface area contributed by atoms with Gasteiger partial charge in [0.15, 0.2) is 6.29 Å². The van der Waals surface area contributed by atoms with Gasteiger partial charge >= 0.3 is 0 Å². The second-order valence-electron chi connectivity index (χ2n) is 6.18. The van der Waals surface area contributed by atoms with Crippen LogP contribution in [-0.2, 0) is 0 Å². The van der Waals surface area contributed by atoms with Crippen molar-refractivity contribution in [2.24, 2.45) is 0 Å². The van der Waals surface area contributed by atoms with Crippen molar-refractivity contribution in [1.82, 2.24) is 0 Å². The van der Waals surface area contributed by atoms with Crippen molar-refractivity contribution in [3.8, 4) is 28.0 Å². The molecule has 0 spiro atoms. The van der Waals surface area contributed by atoms with E-state index in [9.17, 15) is 4.79 Å². The van der Waals surface area contributed by atoms with E-state index < -0.39 is 0 Å². The maximum atomic E-state index is 12.0. The average Bonchev–Trinajstić information content (AvgIpc) is 2.73. The highest BCUT2D eigenvalue weighted by atomic mass is 16.5. The summed E-state index contributed by atoms with van der Waals surface area (Å²) in [5.74, 6) is 0.734. The lowest BCUT2D eigenvalue weighted by atomic mass is 9.91. The van der Waals surface area contributed by atoms with Crippen LogP contribution >= 0.6 is 0 Å². The lowest BCUT2D eigenvalue weighted by molar-refractivity contribution is 0.112. The van der Waals surface area contributed by atoms with Crippen LogP contribution < -0.4 is 4.74 Å². The fourth-order valence-corrected chi connectivity index (χ4v) is 3.32. The molecule has 0 bridgehead atoms. The molecule has 0 aliphatic rings. The number of rotatable bonds is 4. The van der Waals surface area contributed by atoms with Gasteiger partial charge in [-0.25, -0.2) is 0 Å². The Labute approximate surface area is 152 Å². The standard InChI is InChI=1S/C24H18O2/c1-26-21-14-22(18-8-3-2-4-9-18)24(16-25)23(15-21)20-12-11-17-7-5-6-10-19(17)13-20/h2-16H,1H3. The first-order chi connectivity index (χ1) is 12.8. The minimum absolute atomic E-state index is 0.673. The predicted octanol–water partition coefficient (Wildman–Crippen LogP) is 5.99. The molecule has 0 amide bonds. The fourth-order valence-electron chi connectivity index (χ4n) is 3.32. The van der Waals surface area contributed by atoms with Crippen LogP contribution in [0.2, 0.25) is 0 Å². The molecule has 0 atom stereocenters. The number of hydrogen-bond acceptors (Lipinski definition) is 2. The van der Waals surface area contributed by atoms with Crippen LogP contribution in [0.25, 0.3) is 33.0 Å². The second-order valence-corrected chi connectivity index (χ2v) is 6.18. The Morgan fingerprint density at radius 2 is 1.35 bits per heavy atom. The highest BCUT2D eigenvalue weighted by molar-refractivity contribution is 5.99. The van der Waals surface area contributed by atoms with E-state index in [0.717, 1.165) is 39.7 Å². The van der Waals surface area contributed by atoms with E-state index in [2.05, 4.69) is 30.3 Å². The van der Waals surface area contributed by atoms with Crippen LogP contribution in [0, 0.1) is 0 Å². The van der Waals surface area contributed by atoms with Crippen molar-refractivity contribution in [2.45, 2.75) is 0 Å². The summed E-state index contributed by atoms with van der Waals surface area (Å²) in [6.07, 6.45) is 0.937. The van der Waals surface area contributed by atoms with Crippen LogP contribution in [0.1, 0.15) is 10.4 Å². The average molecular weight is 338 g/mol. The zero-order valence-corrected chi connectivity index (χ0v) is 14.5. The Bertz CT molecular complexity index is 1080. The molecule has 0 radical (unpaired) electrons. The number of hydrogen-bond donors (Lipinski definition) is 0. The Hall–Kier alpha value is -3.39. The van der Waals surface area contributed by atoms with Gasteiger partial charge in [0.05, 0.1) is 7.11 Å².